The van der Waals surface area contributed by atoms with Gasteiger partial charge in [-0.3, -0.25) is 9.69 Å². The van der Waals surface area contributed by atoms with E-state index in [2.05, 4.69) is 11.5 Å². The number of likely N-dealkylation sites (tertiary alicyclic amines) is 1. The van der Waals surface area contributed by atoms with E-state index in [0.717, 1.165) is 31.8 Å². The number of rotatable bonds is 6. The number of nitrogens with zero attached hydrogens (tertiary/aromatic N) is 1. The molecule has 0 aromatic carbocycles. The van der Waals surface area contributed by atoms with Crippen LogP contribution in [0.15, 0.2) is 35.5 Å². The number of hydrogen-bond donors (Lipinski definition) is 1. The predicted octanol–water partition coefficient (Wildman–Crippen LogP) is 2.91. The summed E-state index contributed by atoms with van der Waals surface area (Å²) in [6.07, 6.45) is 6.35. The number of allylic oxidation sites excluding steroid dienone is 1. The highest BCUT2D eigenvalue weighted by molar-refractivity contribution is 5.74. The van der Waals surface area contributed by atoms with Gasteiger partial charge in [-0.1, -0.05) is 6.08 Å². The lowest BCUT2D eigenvalue weighted by atomic mass is 9.75. The van der Waals surface area contributed by atoms with E-state index in [-0.39, 0.29) is 0 Å². The van der Waals surface area contributed by atoms with Gasteiger partial charge in [0.15, 0.2) is 0 Å². The Morgan fingerprint density at radius 1 is 1.53 bits per heavy atom. The van der Waals surface area contributed by atoms with Gasteiger partial charge in [0, 0.05) is 0 Å². The fourth-order valence-electron chi connectivity index (χ4n) is 2.71. The van der Waals surface area contributed by atoms with Crippen LogP contribution in [0.5, 0.6) is 0 Å². The van der Waals surface area contributed by atoms with Crippen molar-refractivity contribution < 1.29 is 14.3 Å². The average molecular weight is 263 g/mol. The zero-order chi connectivity index (χ0) is 13.7. The van der Waals surface area contributed by atoms with E-state index in [1.807, 2.05) is 12.1 Å². The molecule has 0 unspecified atom stereocenters. The molecule has 4 nitrogen and oxygen atoms in total. The molecule has 104 valence electrons. The molecule has 1 aliphatic heterocycles. The fourth-order valence-corrected chi connectivity index (χ4v) is 2.71. The van der Waals surface area contributed by atoms with Gasteiger partial charge in [-0.05, 0) is 50.9 Å². The van der Waals surface area contributed by atoms with E-state index >= 15 is 0 Å². The highest BCUT2D eigenvalue weighted by atomic mass is 16.4. The molecule has 1 N–H and O–H groups in total. The van der Waals surface area contributed by atoms with Crippen molar-refractivity contribution in [2.45, 2.75) is 32.2 Å². The van der Waals surface area contributed by atoms with Crippen molar-refractivity contribution in [2.24, 2.45) is 5.41 Å². The third-order valence-corrected chi connectivity index (χ3v) is 4.05. The monoisotopic (exact) mass is 263 g/mol. The Labute approximate surface area is 113 Å². The molecule has 0 atom stereocenters. The highest BCUT2D eigenvalue weighted by Gasteiger charge is 2.40. The molecule has 0 amide bonds. The molecule has 0 radical (unpaired) electrons. The predicted molar refractivity (Wildman–Crippen MR) is 72.7 cm³/mol. The van der Waals surface area contributed by atoms with E-state index in [4.69, 9.17) is 4.42 Å². The van der Waals surface area contributed by atoms with Crippen molar-refractivity contribution in [3.8, 4) is 0 Å². The Hall–Kier alpha value is -1.55. The molecule has 0 bridgehead atoms. The first-order chi connectivity index (χ1) is 9.16. The van der Waals surface area contributed by atoms with Crippen molar-refractivity contribution in [3.05, 3.63) is 36.8 Å². The zero-order valence-corrected chi connectivity index (χ0v) is 11.2. The van der Waals surface area contributed by atoms with Crippen LogP contribution in [0.2, 0.25) is 0 Å². The van der Waals surface area contributed by atoms with Gasteiger partial charge in [0.2, 0.25) is 0 Å². The van der Waals surface area contributed by atoms with E-state index in [1.54, 1.807) is 12.3 Å². The summed E-state index contributed by atoms with van der Waals surface area (Å²) in [5, 5.41) is 9.49. The van der Waals surface area contributed by atoms with Crippen LogP contribution in [-0.4, -0.2) is 29.1 Å². The van der Waals surface area contributed by atoms with Crippen molar-refractivity contribution in [1.82, 2.24) is 4.90 Å². The third-order valence-electron chi connectivity index (χ3n) is 4.05. The summed E-state index contributed by atoms with van der Waals surface area (Å²) in [6.45, 7) is 6.07. The molecular formula is C15H21NO3. The lowest BCUT2D eigenvalue weighted by Crippen LogP contribution is -2.44. The average Bonchev–Trinajstić information content (AvgIpc) is 2.91. The minimum Gasteiger partial charge on any atom is -0.481 e. The largest absolute Gasteiger partial charge is 0.481 e. The Morgan fingerprint density at radius 2 is 2.26 bits per heavy atom. The van der Waals surface area contributed by atoms with Crippen LogP contribution in [-0.2, 0) is 11.3 Å². The first kappa shape index (κ1) is 13.9. The topological polar surface area (TPSA) is 53.7 Å². The molecule has 2 rings (SSSR count). The minimum absolute atomic E-state index is 0.562. The van der Waals surface area contributed by atoms with Crippen molar-refractivity contribution in [3.63, 3.8) is 0 Å². The van der Waals surface area contributed by atoms with Crippen LogP contribution in [0, 0.1) is 5.41 Å². The Morgan fingerprint density at radius 3 is 2.79 bits per heavy atom. The lowest BCUT2D eigenvalue weighted by Gasteiger charge is -2.38. The van der Waals surface area contributed by atoms with Crippen LogP contribution < -0.4 is 0 Å². The molecule has 1 aromatic rings. The number of carboxylic acid groups (broad SMARTS) is 1. The van der Waals surface area contributed by atoms with Crippen LogP contribution in [0.1, 0.15) is 31.4 Å². The molecule has 1 aliphatic rings. The summed E-state index contributed by atoms with van der Waals surface area (Å²) in [5.41, 5.74) is -0.562. The van der Waals surface area contributed by atoms with E-state index in [0.29, 0.717) is 19.3 Å². The van der Waals surface area contributed by atoms with Gasteiger partial charge >= 0.3 is 5.97 Å². The quantitative estimate of drug-likeness (QED) is 0.802. The van der Waals surface area contributed by atoms with E-state index in [9.17, 15) is 9.90 Å². The van der Waals surface area contributed by atoms with Gasteiger partial charge in [0.25, 0.3) is 0 Å². The second kappa shape index (κ2) is 6.06. The third kappa shape index (κ3) is 3.26. The Balaban J connectivity index is 1.91. The van der Waals surface area contributed by atoms with E-state index < -0.39 is 11.4 Å². The van der Waals surface area contributed by atoms with Crippen molar-refractivity contribution in [2.75, 3.05) is 13.1 Å². The van der Waals surface area contributed by atoms with Gasteiger partial charge in [-0.2, -0.15) is 0 Å². The van der Waals surface area contributed by atoms with Gasteiger partial charge in [-0.15, -0.1) is 6.58 Å². The lowest BCUT2D eigenvalue weighted by molar-refractivity contribution is -0.152. The maximum absolute atomic E-state index is 11.5. The molecular weight excluding hydrogens is 242 g/mol. The van der Waals surface area contributed by atoms with Crippen LogP contribution in [0.4, 0.5) is 0 Å². The number of carbonyl (C=O) groups is 1. The Kier molecular flexibility index (Phi) is 4.43. The smallest absolute Gasteiger partial charge is 0.309 e. The maximum atomic E-state index is 11.5. The SMILES string of the molecule is C=CCCC1(C(=O)O)CCN(Cc2ccco2)CC1. The van der Waals surface area contributed by atoms with Crippen LogP contribution in [0.3, 0.4) is 0 Å². The zero-order valence-electron chi connectivity index (χ0n) is 11.2. The second-order valence-electron chi connectivity index (χ2n) is 5.27. The van der Waals surface area contributed by atoms with Crippen LogP contribution in [0.25, 0.3) is 0 Å². The summed E-state index contributed by atoms with van der Waals surface area (Å²) in [4.78, 5) is 13.8. The molecule has 4 heteroatoms. The number of hydrogen-bond acceptors (Lipinski definition) is 3. The maximum Gasteiger partial charge on any atom is 0.309 e. The first-order valence-electron chi connectivity index (χ1n) is 6.75. The van der Waals surface area contributed by atoms with Crippen molar-refractivity contribution >= 4 is 5.97 Å². The Bertz CT molecular complexity index is 417. The summed E-state index contributed by atoms with van der Waals surface area (Å²) < 4.78 is 5.33. The summed E-state index contributed by atoms with van der Waals surface area (Å²) >= 11 is 0. The standard InChI is InChI=1S/C15H21NO3/c1-2-3-6-15(14(17)18)7-9-16(10-8-15)12-13-5-4-11-19-13/h2,4-5,11H,1,3,6-10,12H2,(H,17,18). The minimum atomic E-state index is -0.660. The summed E-state index contributed by atoms with van der Waals surface area (Å²) in [5.74, 6) is 0.279. The van der Waals surface area contributed by atoms with Gasteiger partial charge in [0.1, 0.15) is 5.76 Å². The van der Waals surface area contributed by atoms with E-state index in [1.165, 1.54) is 0 Å². The molecule has 0 saturated carbocycles. The summed E-state index contributed by atoms with van der Waals surface area (Å²) in [7, 11) is 0. The highest BCUT2D eigenvalue weighted by Crippen LogP contribution is 2.37. The fraction of sp³-hybridized carbons (Fsp3) is 0.533. The summed E-state index contributed by atoms with van der Waals surface area (Å²) in [6, 6.07) is 3.83. The molecule has 0 aliphatic carbocycles. The second-order valence-corrected chi connectivity index (χ2v) is 5.27. The molecule has 1 aromatic heterocycles. The normalized spacial score (nSPS) is 19.2. The number of carboxylic acids is 1. The molecule has 1 fully saturated rings. The molecule has 19 heavy (non-hydrogen) atoms. The number of aliphatic carboxylic acids is 1. The number of piperidine rings is 1. The van der Waals surface area contributed by atoms with Crippen molar-refractivity contribution in [1.29, 1.82) is 0 Å². The van der Waals surface area contributed by atoms with Gasteiger partial charge < -0.3 is 9.52 Å². The number of furan rings is 1. The molecule has 2 heterocycles. The molecule has 1 saturated heterocycles. The van der Waals surface area contributed by atoms with Gasteiger partial charge in [-0.25, -0.2) is 0 Å². The van der Waals surface area contributed by atoms with Crippen LogP contribution >= 0.6 is 0 Å². The molecule has 0 spiro atoms. The van der Waals surface area contributed by atoms with Gasteiger partial charge in [0.05, 0.1) is 18.2 Å². The first-order valence-corrected chi connectivity index (χ1v) is 6.75.